The molecule has 6 nitrogen and oxygen atoms in total. The van der Waals surface area contributed by atoms with Crippen LogP contribution < -0.4 is 0 Å². The molecule has 0 bridgehead atoms. The number of amides is 2. The highest BCUT2D eigenvalue weighted by Gasteiger charge is 2.33. The van der Waals surface area contributed by atoms with E-state index in [2.05, 4.69) is 5.10 Å². The second-order valence-corrected chi connectivity index (χ2v) is 7.81. The van der Waals surface area contributed by atoms with Gasteiger partial charge in [-0.1, -0.05) is 11.6 Å². The summed E-state index contributed by atoms with van der Waals surface area (Å²) in [6.07, 6.45) is -3.34. The summed E-state index contributed by atoms with van der Waals surface area (Å²) in [6, 6.07) is 10.5. The number of benzene rings is 2. The fourth-order valence-corrected chi connectivity index (χ4v) is 3.75. The Hall–Kier alpha value is -3.40. The molecule has 3 aromatic rings. The summed E-state index contributed by atoms with van der Waals surface area (Å²) in [7, 11) is 0. The van der Waals surface area contributed by atoms with Crippen LogP contribution in [0.3, 0.4) is 0 Å². The van der Waals surface area contributed by atoms with Crippen LogP contribution in [0, 0.1) is 5.82 Å². The lowest BCUT2D eigenvalue weighted by atomic mass is 10.1. The van der Waals surface area contributed by atoms with Crippen LogP contribution in [-0.4, -0.2) is 57.6 Å². The van der Waals surface area contributed by atoms with Gasteiger partial charge in [0.2, 0.25) is 0 Å². The molecule has 1 aliphatic heterocycles. The van der Waals surface area contributed by atoms with Crippen LogP contribution in [-0.2, 0) is 6.18 Å². The minimum absolute atomic E-state index is 0.0260. The smallest absolute Gasteiger partial charge is 0.335 e. The topological polar surface area (TPSA) is 58.4 Å². The van der Waals surface area contributed by atoms with Crippen molar-refractivity contribution in [2.75, 3.05) is 26.2 Å². The first-order chi connectivity index (χ1) is 15.6. The number of nitrogens with zero attached hydrogens (tertiary/aromatic N) is 4. The number of carbonyl (C=O) groups is 2. The summed E-state index contributed by atoms with van der Waals surface area (Å²) in [4.78, 5) is 28.6. The van der Waals surface area contributed by atoms with Crippen molar-refractivity contribution >= 4 is 23.4 Å². The standard InChI is InChI=1S/C22H17ClF4N4O2/c23-18-13-15(24)3-6-17(18)21(33)30-11-9-29(10-12-30)20(32)14-1-4-16(5-2-14)31-8-7-19(28-31)22(25,26)27/h1-8,13H,9-12H2. The Morgan fingerprint density at radius 1 is 0.879 bits per heavy atom. The highest BCUT2D eigenvalue weighted by molar-refractivity contribution is 6.33. The van der Waals surface area contributed by atoms with Crippen LogP contribution in [0.4, 0.5) is 17.6 Å². The largest absolute Gasteiger partial charge is 0.435 e. The molecule has 0 aliphatic carbocycles. The zero-order chi connectivity index (χ0) is 23.8. The van der Waals surface area contributed by atoms with E-state index in [1.54, 1.807) is 9.80 Å². The number of hydrogen-bond acceptors (Lipinski definition) is 3. The molecule has 0 unspecified atom stereocenters. The van der Waals surface area contributed by atoms with Gasteiger partial charge in [0.25, 0.3) is 11.8 Å². The summed E-state index contributed by atoms with van der Waals surface area (Å²) in [5.74, 6) is -1.13. The van der Waals surface area contributed by atoms with E-state index in [9.17, 15) is 27.2 Å². The van der Waals surface area contributed by atoms with Gasteiger partial charge in [0, 0.05) is 37.9 Å². The summed E-state index contributed by atoms with van der Waals surface area (Å²) < 4.78 is 52.5. The maximum atomic E-state index is 13.2. The minimum Gasteiger partial charge on any atom is -0.335 e. The molecule has 2 amide bonds. The number of rotatable bonds is 3. The SMILES string of the molecule is O=C(c1ccc(-n2ccc(C(F)(F)F)n2)cc1)N1CCN(C(=O)c2ccc(F)cc2Cl)CC1. The molecule has 11 heteroatoms. The average Bonchev–Trinajstić information content (AvgIpc) is 3.30. The van der Waals surface area contributed by atoms with E-state index in [-0.39, 0.29) is 35.5 Å². The average molecular weight is 481 g/mol. The van der Waals surface area contributed by atoms with E-state index >= 15 is 0 Å². The molecule has 0 atom stereocenters. The number of alkyl halides is 3. The van der Waals surface area contributed by atoms with E-state index in [0.717, 1.165) is 22.9 Å². The van der Waals surface area contributed by atoms with Gasteiger partial charge in [-0.2, -0.15) is 18.3 Å². The molecule has 0 radical (unpaired) electrons. The van der Waals surface area contributed by atoms with Crippen LogP contribution in [0.25, 0.3) is 5.69 Å². The monoisotopic (exact) mass is 480 g/mol. The summed E-state index contributed by atoms with van der Waals surface area (Å²) in [5, 5.41) is 3.53. The third kappa shape index (κ3) is 4.85. The normalized spacial score (nSPS) is 14.5. The maximum Gasteiger partial charge on any atom is 0.435 e. The lowest BCUT2D eigenvalue weighted by Gasteiger charge is -2.35. The van der Waals surface area contributed by atoms with E-state index in [1.165, 1.54) is 36.5 Å². The van der Waals surface area contributed by atoms with Gasteiger partial charge >= 0.3 is 6.18 Å². The molecular formula is C22H17ClF4N4O2. The van der Waals surface area contributed by atoms with Gasteiger partial charge < -0.3 is 9.80 Å². The van der Waals surface area contributed by atoms with Crippen LogP contribution in [0.1, 0.15) is 26.4 Å². The molecule has 0 N–H and O–H groups in total. The molecular weight excluding hydrogens is 464 g/mol. The van der Waals surface area contributed by atoms with Gasteiger partial charge in [0.05, 0.1) is 16.3 Å². The molecule has 1 fully saturated rings. The van der Waals surface area contributed by atoms with Gasteiger partial charge in [0.15, 0.2) is 5.69 Å². The fourth-order valence-electron chi connectivity index (χ4n) is 3.50. The predicted molar refractivity (Wildman–Crippen MR) is 112 cm³/mol. The van der Waals surface area contributed by atoms with E-state index in [4.69, 9.17) is 11.6 Å². The molecule has 1 aliphatic rings. The van der Waals surface area contributed by atoms with Gasteiger partial charge in [-0.15, -0.1) is 0 Å². The Morgan fingerprint density at radius 2 is 1.48 bits per heavy atom. The summed E-state index contributed by atoms with van der Waals surface area (Å²) >= 11 is 5.97. The minimum atomic E-state index is -4.54. The number of carbonyl (C=O) groups excluding carboxylic acids is 2. The highest BCUT2D eigenvalue weighted by Crippen LogP contribution is 2.28. The van der Waals surface area contributed by atoms with E-state index in [1.807, 2.05) is 0 Å². The third-order valence-electron chi connectivity index (χ3n) is 5.27. The van der Waals surface area contributed by atoms with Crippen LogP contribution in [0.2, 0.25) is 5.02 Å². The van der Waals surface area contributed by atoms with Gasteiger partial charge in [-0.3, -0.25) is 9.59 Å². The number of aromatic nitrogens is 2. The fraction of sp³-hybridized carbons (Fsp3) is 0.227. The third-order valence-corrected chi connectivity index (χ3v) is 5.59. The molecule has 0 saturated carbocycles. The maximum absolute atomic E-state index is 13.2. The predicted octanol–water partition coefficient (Wildman–Crippen LogP) is 4.28. The van der Waals surface area contributed by atoms with Gasteiger partial charge in [0.1, 0.15) is 5.82 Å². The molecule has 33 heavy (non-hydrogen) atoms. The van der Waals surface area contributed by atoms with Crippen molar-refractivity contribution < 1.29 is 27.2 Å². The Kier molecular flexibility index (Phi) is 6.11. The molecule has 1 saturated heterocycles. The Morgan fingerprint density at radius 3 is 2.03 bits per heavy atom. The Balaban J connectivity index is 1.38. The van der Waals surface area contributed by atoms with Crippen molar-refractivity contribution in [1.82, 2.24) is 19.6 Å². The second kappa shape index (κ2) is 8.86. The van der Waals surface area contributed by atoms with E-state index in [0.29, 0.717) is 24.3 Å². The molecule has 0 spiro atoms. The Bertz CT molecular complexity index is 1190. The number of piperazine rings is 1. The van der Waals surface area contributed by atoms with Crippen molar-refractivity contribution in [2.45, 2.75) is 6.18 Å². The zero-order valence-electron chi connectivity index (χ0n) is 17.0. The summed E-state index contributed by atoms with van der Waals surface area (Å²) in [6.45, 7) is 1.15. The highest BCUT2D eigenvalue weighted by atomic mass is 35.5. The van der Waals surface area contributed by atoms with Crippen molar-refractivity contribution in [1.29, 1.82) is 0 Å². The first-order valence-electron chi connectivity index (χ1n) is 9.90. The zero-order valence-corrected chi connectivity index (χ0v) is 17.8. The van der Waals surface area contributed by atoms with Crippen LogP contribution in [0.5, 0.6) is 0 Å². The molecule has 172 valence electrons. The van der Waals surface area contributed by atoms with Crippen LogP contribution in [0.15, 0.2) is 54.7 Å². The molecule has 1 aromatic heterocycles. The van der Waals surface area contributed by atoms with E-state index < -0.39 is 17.7 Å². The quantitative estimate of drug-likeness (QED) is 0.526. The molecule has 4 rings (SSSR count). The first kappa shape index (κ1) is 22.8. The van der Waals surface area contributed by atoms with Gasteiger partial charge in [-0.25, -0.2) is 9.07 Å². The number of hydrogen-bond donors (Lipinski definition) is 0. The van der Waals surface area contributed by atoms with Crippen molar-refractivity contribution in [2.24, 2.45) is 0 Å². The first-order valence-corrected chi connectivity index (χ1v) is 10.3. The Labute approximate surface area is 191 Å². The molecule has 2 aromatic carbocycles. The van der Waals surface area contributed by atoms with Crippen molar-refractivity contribution in [3.8, 4) is 5.69 Å². The lowest BCUT2D eigenvalue weighted by Crippen LogP contribution is -2.50. The van der Waals surface area contributed by atoms with Crippen molar-refractivity contribution in [3.63, 3.8) is 0 Å². The van der Waals surface area contributed by atoms with Crippen molar-refractivity contribution in [3.05, 3.63) is 82.4 Å². The van der Waals surface area contributed by atoms with Gasteiger partial charge in [-0.05, 0) is 48.5 Å². The number of halogens is 5. The summed E-state index contributed by atoms with van der Waals surface area (Å²) in [5.41, 5.74) is -0.0605. The molecule has 2 heterocycles. The van der Waals surface area contributed by atoms with Crippen LogP contribution >= 0.6 is 11.6 Å². The lowest BCUT2D eigenvalue weighted by molar-refractivity contribution is -0.141. The second-order valence-electron chi connectivity index (χ2n) is 7.40.